The van der Waals surface area contributed by atoms with Crippen LogP contribution in [-0.2, 0) is 4.74 Å². The first-order valence-electron chi connectivity index (χ1n) is 11.8. The van der Waals surface area contributed by atoms with Crippen LogP contribution >= 0.6 is 0 Å². The molecule has 0 amide bonds. The standard InChI is InChI=1S/C25H29N7O/c1-30-11-24(12-30)7-8-31(13-24)20-4-2-3-18-9-27-23(29-22(18)20)28-21-6-5-19(10-26-21)32-14-25(15-32)16-33-17-25/h2-6,9-10H,7-8,11-17H2,1H3,(H,26,27,28,29). The number of fused-ring (bicyclic) bond motifs is 1. The molecule has 2 spiro atoms. The molecular formula is C25H29N7O. The van der Waals surface area contributed by atoms with E-state index in [1.807, 2.05) is 18.5 Å². The smallest absolute Gasteiger partial charge is 0.228 e. The van der Waals surface area contributed by atoms with E-state index in [0.717, 1.165) is 61.8 Å². The van der Waals surface area contributed by atoms with Crippen LogP contribution in [0.25, 0.3) is 10.9 Å². The molecule has 1 N–H and O–H groups in total. The predicted octanol–water partition coefficient (Wildman–Crippen LogP) is 2.75. The second kappa shape index (κ2) is 7.01. The summed E-state index contributed by atoms with van der Waals surface area (Å²) in [5.41, 5.74) is 4.23. The van der Waals surface area contributed by atoms with E-state index in [9.17, 15) is 0 Å². The molecule has 3 aromatic rings. The van der Waals surface area contributed by atoms with Gasteiger partial charge in [-0.05, 0) is 31.7 Å². The molecule has 2 aromatic heterocycles. The number of pyridine rings is 1. The van der Waals surface area contributed by atoms with E-state index in [2.05, 4.69) is 61.3 Å². The summed E-state index contributed by atoms with van der Waals surface area (Å²) in [4.78, 5) is 21.3. The number of aromatic nitrogens is 3. The van der Waals surface area contributed by atoms with E-state index in [-0.39, 0.29) is 0 Å². The largest absolute Gasteiger partial charge is 0.380 e. The lowest BCUT2D eigenvalue weighted by Crippen LogP contribution is -2.66. The van der Waals surface area contributed by atoms with Crippen molar-refractivity contribution in [2.24, 2.45) is 10.8 Å². The molecule has 1 aromatic carbocycles. The van der Waals surface area contributed by atoms with Crippen molar-refractivity contribution in [3.8, 4) is 0 Å². The Balaban J connectivity index is 1.09. The van der Waals surface area contributed by atoms with E-state index in [1.165, 1.54) is 25.2 Å². The minimum Gasteiger partial charge on any atom is -0.380 e. The number of hydrogen-bond donors (Lipinski definition) is 1. The number of ether oxygens (including phenoxy) is 1. The molecule has 4 fully saturated rings. The number of para-hydroxylation sites is 1. The van der Waals surface area contributed by atoms with Gasteiger partial charge in [0, 0.05) is 56.3 Å². The van der Waals surface area contributed by atoms with Crippen LogP contribution < -0.4 is 15.1 Å². The van der Waals surface area contributed by atoms with Crippen molar-refractivity contribution in [1.82, 2.24) is 19.9 Å². The van der Waals surface area contributed by atoms with Gasteiger partial charge in [-0.2, -0.15) is 0 Å². The fourth-order valence-electron chi connectivity index (χ4n) is 6.13. The molecule has 0 unspecified atom stereocenters. The maximum absolute atomic E-state index is 5.37. The van der Waals surface area contributed by atoms with Crippen molar-refractivity contribution < 1.29 is 4.74 Å². The maximum atomic E-state index is 5.37. The molecule has 0 saturated carbocycles. The van der Waals surface area contributed by atoms with Gasteiger partial charge in [0.1, 0.15) is 5.82 Å². The Morgan fingerprint density at radius 1 is 0.909 bits per heavy atom. The number of nitrogens with one attached hydrogen (secondary N) is 1. The van der Waals surface area contributed by atoms with Crippen LogP contribution in [0, 0.1) is 10.8 Å². The molecule has 0 bridgehead atoms. The second-order valence-corrected chi connectivity index (χ2v) is 10.6. The SMILES string of the molecule is CN1CC2(CCN(c3cccc4cnc(Nc5ccc(N6CC7(COC7)C6)cn5)nc34)C2)C1. The molecule has 170 valence electrons. The normalized spacial score (nSPS) is 22.9. The van der Waals surface area contributed by atoms with Crippen molar-refractivity contribution >= 4 is 34.0 Å². The van der Waals surface area contributed by atoms with Crippen LogP contribution in [0.1, 0.15) is 6.42 Å². The molecule has 4 aliphatic rings. The van der Waals surface area contributed by atoms with Crippen LogP contribution in [0.4, 0.5) is 23.1 Å². The second-order valence-electron chi connectivity index (χ2n) is 10.6. The predicted molar refractivity (Wildman–Crippen MR) is 129 cm³/mol. The summed E-state index contributed by atoms with van der Waals surface area (Å²) in [5, 5.41) is 4.37. The molecule has 4 aliphatic heterocycles. The zero-order chi connectivity index (χ0) is 22.0. The Morgan fingerprint density at radius 2 is 1.76 bits per heavy atom. The molecule has 33 heavy (non-hydrogen) atoms. The van der Waals surface area contributed by atoms with Gasteiger partial charge < -0.3 is 24.8 Å². The van der Waals surface area contributed by atoms with Gasteiger partial charge in [-0.25, -0.2) is 15.0 Å². The third kappa shape index (κ3) is 3.23. The number of likely N-dealkylation sites (tertiary alicyclic amines) is 1. The van der Waals surface area contributed by atoms with Crippen LogP contribution in [-0.4, -0.2) is 79.4 Å². The zero-order valence-corrected chi connectivity index (χ0v) is 19.0. The Labute approximate surface area is 193 Å². The average molecular weight is 444 g/mol. The minimum atomic E-state index is 0.400. The maximum Gasteiger partial charge on any atom is 0.228 e. The van der Waals surface area contributed by atoms with Crippen LogP contribution in [0.5, 0.6) is 0 Å². The van der Waals surface area contributed by atoms with Gasteiger partial charge in [0.2, 0.25) is 5.95 Å². The van der Waals surface area contributed by atoms with E-state index < -0.39 is 0 Å². The number of rotatable bonds is 4. The molecular weight excluding hydrogens is 414 g/mol. The Hall–Kier alpha value is -2.97. The average Bonchev–Trinajstić information content (AvgIpc) is 3.17. The number of nitrogens with zero attached hydrogens (tertiary/aromatic N) is 6. The number of benzene rings is 1. The topological polar surface area (TPSA) is 69.7 Å². The summed E-state index contributed by atoms with van der Waals surface area (Å²) >= 11 is 0. The highest BCUT2D eigenvalue weighted by Crippen LogP contribution is 2.42. The summed E-state index contributed by atoms with van der Waals surface area (Å²) in [7, 11) is 2.21. The van der Waals surface area contributed by atoms with Gasteiger partial charge in [-0.1, -0.05) is 12.1 Å². The molecule has 4 saturated heterocycles. The highest BCUT2D eigenvalue weighted by atomic mass is 16.5. The first kappa shape index (κ1) is 19.5. The molecule has 0 aliphatic carbocycles. The van der Waals surface area contributed by atoms with Gasteiger partial charge in [-0.3, -0.25) is 0 Å². The van der Waals surface area contributed by atoms with E-state index in [4.69, 9.17) is 9.72 Å². The van der Waals surface area contributed by atoms with Gasteiger partial charge >= 0.3 is 0 Å². The Morgan fingerprint density at radius 3 is 2.48 bits per heavy atom. The van der Waals surface area contributed by atoms with Crippen LogP contribution in [0.15, 0.2) is 42.7 Å². The minimum absolute atomic E-state index is 0.400. The third-order valence-corrected chi connectivity index (χ3v) is 7.80. The van der Waals surface area contributed by atoms with E-state index in [0.29, 0.717) is 16.8 Å². The van der Waals surface area contributed by atoms with Gasteiger partial charge in [-0.15, -0.1) is 0 Å². The molecule has 0 radical (unpaired) electrons. The lowest BCUT2D eigenvalue weighted by atomic mass is 9.78. The monoisotopic (exact) mass is 443 g/mol. The molecule has 0 atom stereocenters. The summed E-state index contributed by atoms with van der Waals surface area (Å²) in [6.07, 6.45) is 5.09. The molecule has 6 heterocycles. The first-order chi connectivity index (χ1) is 16.1. The number of anilines is 4. The highest BCUT2D eigenvalue weighted by molar-refractivity contribution is 5.91. The first-order valence-corrected chi connectivity index (χ1v) is 11.8. The quantitative estimate of drug-likeness (QED) is 0.660. The van der Waals surface area contributed by atoms with Gasteiger partial charge in [0.15, 0.2) is 0 Å². The zero-order valence-electron chi connectivity index (χ0n) is 19.0. The van der Waals surface area contributed by atoms with Crippen LogP contribution in [0.3, 0.4) is 0 Å². The summed E-state index contributed by atoms with van der Waals surface area (Å²) in [5.74, 6) is 1.34. The Kier molecular flexibility index (Phi) is 4.14. The fraction of sp³-hybridized carbons (Fsp3) is 0.480. The lowest BCUT2D eigenvalue weighted by molar-refractivity contribution is -0.127. The molecule has 8 nitrogen and oxygen atoms in total. The van der Waals surface area contributed by atoms with Crippen molar-refractivity contribution in [3.05, 3.63) is 42.7 Å². The highest BCUT2D eigenvalue weighted by Gasteiger charge is 2.49. The van der Waals surface area contributed by atoms with E-state index >= 15 is 0 Å². The summed E-state index contributed by atoms with van der Waals surface area (Å²) in [6.45, 7) is 8.51. The third-order valence-electron chi connectivity index (χ3n) is 7.80. The van der Waals surface area contributed by atoms with Crippen molar-refractivity contribution in [2.45, 2.75) is 6.42 Å². The lowest BCUT2D eigenvalue weighted by Gasteiger charge is -2.55. The molecule has 7 rings (SSSR count). The summed E-state index contributed by atoms with van der Waals surface area (Å²) < 4.78 is 5.37. The Bertz CT molecular complexity index is 1200. The molecule has 8 heteroatoms. The van der Waals surface area contributed by atoms with Gasteiger partial charge in [0.05, 0.1) is 41.7 Å². The van der Waals surface area contributed by atoms with Crippen LogP contribution in [0.2, 0.25) is 0 Å². The van der Waals surface area contributed by atoms with Crippen molar-refractivity contribution in [1.29, 1.82) is 0 Å². The van der Waals surface area contributed by atoms with Gasteiger partial charge in [0.25, 0.3) is 0 Å². The van der Waals surface area contributed by atoms with Crippen molar-refractivity contribution in [2.75, 3.05) is 74.6 Å². The number of hydrogen-bond acceptors (Lipinski definition) is 8. The fourth-order valence-corrected chi connectivity index (χ4v) is 6.13. The van der Waals surface area contributed by atoms with E-state index in [1.54, 1.807) is 0 Å². The van der Waals surface area contributed by atoms with Crippen molar-refractivity contribution in [3.63, 3.8) is 0 Å². The summed E-state index contributed by atoms with van der Waals surface area (Å²) in [6, 6.07) is 10.5.